The Kier molecular flexibility index (Phi) is 5.95. The summed E-state index contributed by atoms with van der Waals surface area (Å²) in [5, 5.41) is 11.9. The molecule has 0 aromatic rings. The second-order valence-corrected chi connectivity index (χ2v) is 5.09. The third-order valence-corrected chi connectivity index (χ3v) is 3.49. The van der Waals surface area contributed by atoms with Gasteiger partial charge in [0, 0.05) is 19.1 Å². The van der Waals surface area contributed by atoms with Crippen LogP contribution in [-0.2, 0) is 4.79 Å². The van der Waals surface area contributed by atoms with Crippen molar-refractivity contribution in [3.8, 4) is 0 Å². The summed E-state index contributed by atoms with van der Waals surface area (Å²) in [6.07, 6.45) is 4.36. The number of likely N-dealkylation sites (tertiary alicyclic amines) is 1. The number of carbonyl (C=O) groups excluding carboxylic acids is 1. The molecule has 1 fully saturated rings. The molecule has 1 unspecified atom stereocenters. The Labute approximate surface area is 109 Å². The number of piperidine rings is 1. The largest absolute Gasteiger partial charge is 0.481 e. The monoisotopic (exact) mass is 256 g/mol. The second kappa shape index (κ2) is 7.24. The first-order valence-corrected chi connectivity index (χ1v) is 6.82. The van der Waals surface area contributed by atoms with E-state index in [1.54, 1.807) is 4.90 Å². The Morgan fingerprint density at radius 1 is 1.39 bits per heavy atom. The van der Waals surface area contributed by atoms with E-state index in [0.717, 1.165) is 19.3 Å². The van der Waals surface area contributed by atoms with Gasteiger partial charge in [0.05, 0.1) is 5.92 Å². The molecule has 2 amide bonds. The summed E-state index contributed by atoms with van der Waals surface area (Å²) in [5.74, 6) is -1.03. The van der Waals surface area contributed by atoms with Gasteiger partial charge in [-0.15, -0.1) is 0 Å². The van der Waals surface area contributed by atoms with Crippen molar-refractivity contribution in [1.82, 2.24) is 10.2 Å². The minimum absolute atomic E-state index is 0.0533. The Morgan fingerprint density at radius 3 is 2.50 bits per heavy atom. The quantitative estimate of drug-likeness (QED) is 0.791. The van der Waals surface area contributed by atoms with Crippen LogP contribution in [0.2, 0.25) is 0 Å². The second-order valence-electron chi connectivity index (χ2n) is 5.09. The average molecular weight is 256 g/mol. The standard InChI is InChI=1S/C13H24N2O3/c1-3-4-5-10(2)14-13(18)15-8-6-11(7-9-15)12(16)17/h10-11H,3-9H2,1-2H3,(H,14,18)(H,16,17). The predicted octanol–water partition coefficient (Wildman–Crippen LogP) is 2.07. The number of hydrogen-bond donors (Lipinski definition) is 2. The SMILES string of the molecule is CCCCC(C)NC(=O)N1CCC(C(=O)O)CC1. The molecule has 1 atom stereocenters. The van der Waals surface area contributed by atoms with Crippen molar-refractivity contribution in [3.05, 3.63) is 0 Å². The third-order valence-electron chi connectivity index (χ3n) is 3.49. The van der Waals surface area contributed by atoms with Crippen LogP contribution in [0, 0.1) is 5.92 Å². The minimum atomic E-state index is -0.744. The molecule has 0 saturated carbocycles. The number of aliphatic carboxylic acids is 1. The Balaban J connectivity index is 2.29. The van der Waals surface area contributed by atoms with Crippen LogP contribution in [0.5, 0.6) is 0 Å². The van der Waals surface area contributed by atoms with E-state index in [1.807, 2.05) is 6.92 Å². The zero-order chi connectivity index (χ0) is 13.5. The van der Waals surface area contributed by atoms with Crippen LogP contribution < -0.4 is 5.32 Å². The summed E-state index contributed by atoms with van der Waals surface area (Å²) in [5.41, 5.74) is 0. The molecule has 0 radical (unpaired) electrons. The third kappa shape index (κ3) is 4.55. The fourth-order valence-electron chi connectivity index (χ4n) is 2.21. The van der Waals surface area contributed by atoms with Crippen molar-refractivity contribution in [1.29, 1.82) is 0 Å². The van der Waals surface area contributed by atoms with Gasteiger partial charge >= 0.3 is 12.0 Å². The van der Waals surface area contributed by atoms with Crippen LogP contribution in [-0.4, -0.2) is 41.1 Å². The number of carboxylic acid groups (broad SMARTS) is 1. The first kappa shape index (κ1) is 14.8. The lowest BCUT2D eigenvalue weighted by atomic mass is 9.97. The molecule has 1 saturated heterocycles. The molecule has 0 spiro atoms. The molecule has 104 valence electrons. The fraction of sp³-hybridized carbons (Fsp3) is 0.846. The average Bonchev–Trinajstić information content (AvgIpc) is 2.36. The molecule has 5 nitrogen and oxygen atoms in total. The number of nitrogens with zero attached hydrogens (tertiary/aromatic N) is 1. The van der Waals surface area contributed by atoms with Crippen molar-refractivity contribution in [2.24, 2.45) is 5.92 Å². The van der Waals surface area contributed by atoms with E-state index in [1.165, 1.54) is 0 Å². The van der Waals surface area contributed by atoms with Crippen molar-refractivity contribution in [2.75, 3.05) is 13.1 Å². The molecule has 1 aliphatic rings. The lowest BCUT2D eigenvalue weighted by Crippen LogP contribution is -2.47. The van der Waals surface area contributed by atoms with Gasteiger partial charge in [-0.25, -0.2) is 4.79 Å². The van der Waals surface area contributed by atoms with Crippen LogP contribution in [0.15, 0.2) is 0 Å². The molecule has 1 heterocycles. The predicted molar refractivity (Wildman–Crippen MR) is 69.5 cm³/mol. The van der Waals surface area contributed by atoms with E-state index in [-0.39, 0.29) is 18.0 Å². The highest BCUT2D eigenvalue weighted by molar-refractivity contribution is 5.75. The molecule has 2 N–H and O–H groups in total. The number of nitrogens with one attached hydrogen (secondary N) is 1. The number of carbonyl (C=O) groups is 2. The number of urea groups is 1. The summed E-state index contributed by atoms with van der Waals surface area (Å²) < 4.78 is 0. The van der Waals surface area contributed by atoms with Crippen LogP contribution in [0.25, 0.3) is 0 Å². The summed E-state index contributed by atoms with van der Waals surface area (Å²) in [4.78, 5) is 24.4. The van der Waals surface area contributed by atoms with Crippen LogP contribution >= 0.6 is 0 Å². The highest BCUT2D eigenvalue weighted by atomic mass is 16.4. The van der Waals surface area contributed by atoms with Gasteiger partial charge in [-0.1, -0.05) is 19.8 Å². The smallest absolute Gasteiger partial charge is 0.317 e. The topological polar surface area (TPSA) is 69.6 Å². The lowest BCUT2D eigenvalue weighted by molar-refractivity contribution is -0.143. The minimum Gasteiger partial charge on any atom is -0.481 e. The normalized spacial score (nSPS) is 18.4. The van der Waals surface area contributed by atoms with Crippen molar-refractivity contribution >= 4 is 12.0 Å². The van der Waals surface area contributed by atoms with Gasteiger partial charge in [0.2, 0.25) is 0 Å². The molecular weight excluding hydrogens is 232 g/mol. The zero-order valence-corrected chi connectivity index (χ0v) is 11.3. The Bertz CT molecular complexity index is 286. The highest BCUT2D eigenvalue weighted by Gasteiger charge is 2.27. The van der Waals surface area contributed by atoms with E-state index in [2.05, 4.69) is 12.2 Å². The summed E-state index contributed by atoms with van der Waals surface area (Å²) in [6.45, 7) is 5.23. The molecule has 0 bridgehead atoms. The van der Waals surface area contributed by atoms with E-state index in [0.29, 0.717) is 25.9 Å². The Morgan fingerprint density at radius 2 is 2.00 bits per heavy atom. The van der Waals surface area contributed by atoms with E-state index in [4.69, 9.17) is 5.11 Å². The van der Waals surface area contributed by atoms with Crippen molar-refractivity contribution in [3.63, 3.8) is 0 Å². The highest BCUT2D eigenvalue weighted by Crippen LogP contribution is 2.17. The van der Waals surface area contributed by atoms with Crippen LogP contribution in [0.3, 0.4) is 0 Å². The number of unbranched alkanes of at least 4 members (excludes halogenated alkanes) is 1. The fourth-order valence-corrected chi connectivity index (χ4v) is 2.21. The van der Waals surface area contributed by atoms with E-state index >= 15 is 0 Å². The molecular formula is C13H24N2O3. The summed E-state index contributed by atoms with van der Waals surface area (Å²) >= 11 is 0. The van der Waals surface area contributed by atoms with E-state index in [9.17, 15) is 9.59 Å². The number of carboxylic acids is 1. The maximum Gasteiger partial charge on any atom is 0.317 e. The maximum absolute atomic E-state index is 11.9. The molecule has 0 aliphatic carbocycles. The number of amides is 2. The van der Waals surface area contributed by atoms with Gasteiger partial charge in [-0.05, 0) is 26.2 Å². The number of rotatable bonds is 5. The first-order valence-electron chi connectivity index (χ1n) is 6.82. The molecule has 0 aromatic carbocycles. The molecule has 1 rings (SSSR count). The van der Waals surface area contributed by atoms with Gasteiger partial charge < -0.3 is 15.3 Å². The van der Waals surface area contributed by atoms with Gasteiger partial charge in [-0.2, -0.15) is 0 Å². The van der Waals surface area contributed by atoms with E-state index < -0.39 is 5.97 Å². The molecule has 1 aliphatic heterocycles. The van der Waals surface area contributed by atoms with Gasteiger partial charge in [0.1, 0.15) is 0 Å². The molecule has 18 heavy (non-hydrogen) atoms. The summed E-state index contributed by atoms with van der Waals surface area (Å²) in [6, 6.07) is 0.136. The lowest BCUT2D eigenvalue weighted by Gasteiger charge is -2.31. The molecule has 0 aromatic heterocycles. The number of hydrogen-bond acceptors (Lipinski definition) is 2. The maximum atomic E-state index is 11.9. The van der Waals surface area contributed by atoms with Crippen LogP contribution in [0.1, 0.15) is 46.0 Å². The zero-order valence-electron chi connectivity index (χ0n) is 11.3. The van der Waals surface area contributed by atoms with Gasteiger partial charge in [0.15, 0.2) is 0 Å². The van der Waals surface area contributed by atoms with Gasteiger partial charge in [-0.3, -0.25) is 4.79 Å². The molecule has 5 heteroatoms. The first-order chi connectivity index (χ1) is 8.54. The van der Waals surface area contributed by atoms with Crippen molar-refractivity contribution < 1.29 is 14.7 Å². The summed E-state index contributed by atoms with van der Waals surface area (Å²) in [7, 11) is 0. The van der Waals surface area contributed by atoms with Crippen LogP contribution in [0.4, 0.5) is 4.79 Å². The van der Waals surface area contributed by atoms with Gasteiger partial charge in [0.25, 0.3) is 0 Å². The Hall–Kier alpha value is -1.26. The van der Waals surface area contributed by atoms with Crippen molar-refractivity contribution in [2.45, 2.75) is 52.0 Å².